The molecule has 1 aliphatic heterocycles. The van der Waals surface area contributed by atoms with E-state index in [1.165, 1.54) is 11.3 Å². The summed E-state index contributed by atoms with van der Waals surface area (Å²) in [4.78, 5) is 7.12. The fourth-order valence-electron chi connectivity index (χ4n) is 4.07. The van der Waals surface area contributed by atoms with Crippen LogP contribution in [-0.2, 0) is 0 Å². The van der Waals surface area contributed by atoms with Gasteiger partial charge in [0.2, 0.25) is 0 Å². The van der Waals surface area contributed by atoms with Crippen LogP contribution in [-0.4, -0.2) is 25.4 Å². The van der Waals surface area contributed by atoms with Crippen molar-refractivity contribution in [2.24, 2.45) is 4.99 Å². The lowest BCUT2D eigenvalue weighted by Crippen LogP contribution is -2.48. The SMILES string of the molecule is CCN1c2cc(OC)c(C=Nc3ccc(Br)cc3)cc2C(C)CC1(C)C. The molecular formula is C22H27BrN2O. The quantitative estimate of drug-likeness (QED) is 0.546. The van der Waals surface area contributed by atoms with Gasteiger partial charge in [-0.05, 0) is 69.0 Å². The van der Waals surface area contributed by atoms with E-state index >= 15 is 0 Å². The summed E-state index contributed by atoms with van der Waals surface area (Å²) in [6.45, 7) is 10.2. The van der Waals surface area contributed by atoms with Crippen LogP contribution in [0.1, 0.15) is 51.2 Å². The molecule has 0 bridgehead atoms. The minimum Gasteiger partial charge on any atom is -0.496 e. The number of hydrogen-bond acceptors (Lipinski definition) is 3. The lowest BCUT2D eigenvalue weighted by Gasteiger charge is -2.47. The molecule has 0 saturated heterocycles. The number of ether oxygens (including phenoxy) is 1. The highest BCUT2D eigenvalue weighted by molar-refractivity contribution is 9.10. The van der Waals surface area contributed by atoms with Gasteiger partial charge in [-0.15, -0.1) is 0 Å². The van der Waals surface area contributed by atoms with Crippen LogP contribution in [0.2, 0.25) is 0 Å². The molecule has 0 amide bonds. The first-order valence-electron chi connectivity index (χ1n) is 9.15. The Bertz CT molecular complexity index is 812. The Labute approximate surface area is 165 Å². The van der Waals surface area contributed by atoms with Crippen molar-refractivity contribution in [2.75, 3.05) is 18.6 Å². The molecule has 2 aromatic carbocycles. The molecule has 1 heterocycles. The summed E-state index contributed by atoms with van der Waals surface area (Å²) in [6.07, 6.45) is 3.05. The second-order valence-corrected chi connectivity index (χ2v) is 8.47. The molecule has 1 unspecified atom stereocenters. The van der Waals surface area contributed by atoms with E-state index in [1.54, 1.807) is 7.11 Å². The van der Waals surface area contributed by atoms with Crippen LogP contribution in [0.15, 0.2) is 45.9 Å². The number of halogens is 1. The van der Waals surface area contributed by atoms with Crippen LogP contribution in [0.25, 0.3) is 0 Å². The second-order valence-electron chi connectivity index (χ2n) is 7.55. The summed E-state index contributed by atoms with van der Waals surface area (Å²) in [5.41, 5.74) is 4.77. The number of nitrogens with zero attached hydrogens (tertiary/aromatic N) is 2. The maximum atomic E-state index is 5.69. The zero-order valence-corrected chi connectivity index (χ0v) is 17.8. The molecule has 0 saturated carbocycles. The van der Waals surface area contributed by atoms with Gasteiger partial charge in [0.05, 0.1) is 12.8 Å². The van der Waals surface area contributed by atoms with Crippen molar-refractivity contribution in [1.29, 1.82) is 0 Å². The second kappa shape index (κ2) is 7.43. The van der Waals surface area contributed by atoms with Crippen LogP contribution >= 0.6 is 15.9 Å². The number of rotatable bonds is 4. The van der Waals surface area contributed by atoms with E-state index in [2.05, 4.69) is 65.6 Å². The highest BCUT2D eigenvalue weighted by Crippen LogP contribution is 2.45. The highest BCUT2D eigenvalue weighted by atomic mass is 79.9. The zero-order chi connectivity index (χ0) is 18.9. The van der Waals surface area contributed by atoms with Gasteiger partial charge in [-0.2, -0.15) is 0 Å². The Kier molecular flexibility index (Phi) is 5.42. The normalized spacial score (nSPS) is 18.8. The van der Waals surface area contributed by atoms with E-state index in [0.29, 0.717) is 5.92 Å². The average Bonchev–Trinajstić information content (AvgIpc) is 2.60. The highest BCUT2D eigenvalue weighted by Gasteiger charge is 2.36. The van der Waals surface area contributed by atoms with Crippen molar-refractivity contribution in [3.63, 3.8) is 0 Å². The summed E-state index contributed by atoms with van der Waals surface area (Å²) in [5.74, 6) is 1.38. The van der Waals surface area contributed by atoms with Gasteiger partial charge in [-0.3, -0.25) is 4.99 Å². The van der Waals surface area contributed by atoms with Gasteiger partial charge in [-0.1, -0.05) is 22.9 Å². The van der Waals surface area contributed by atoms with E-state index in [0.717, 1.165) is 34.4 Å². The number of benzene rings is 2. The molecule has 0 spiro atoms. The first-order chi connectivity index (χ1) is 12.4. The fourth-order valence-corrected chi connectivity index (χ4v) is 4.34. The third-order valence-electron chi connectivity index (χ3n) is 5.23. The Morgan fingerprint density at radius 3 is 2.58 bits per heavy atom. The molecular weight excluding hydrogens is 388 g/mol. The Hall–Kier alpha value is -1.81. The molecule has 0 fully saturated rings. The van der Waals surface area contributed by atoms with Crippen molar-refractivity contribution in [3.05, 3.63) is 52.0 Å². The standard InChI is InChI=1S/C22H27BrN2O/c1-6-25-20-12-21(26-5)16(11-19(20)15(2)13-22(25,3)4)14-24-18-9-7-17(23)8-10-18/h7-12,14-15H,6,13H2,1-5H3. The Balaban J connectivity index is 2.03. The number of anilines is 1. The van der Waals surface area contributed by atoms with Gasteiger partial charge in [0.1, 0.15) is 5.75 Å². The first-order valence-corrected chi connectivity index (χ1v) is 9.94. The monoisotopic (exact) mass is 414 g/mol. The molecule has 3 rings (SSSR count). The summed E-state index contributed by atoms with van der Waals surface area (Å²) in [7, 11) is 1.73. The van der Waals surface area contributed by atoms with Crippen molar-refractivity contribution in [2.45, 2.75) is 45.6 Å². The van der Waals surface area contributed by atoms with E-state index in [1.807, 2.05) is 30.5 Å². The summed E-state index contributed by atoms with van der Waals surface area (Å²) in [5, 5.41) is 0. The van der Waals surface area contributed by atoms with Gasteiger partial charge < -0.3 is 9.64 Å². The molecule has 0 radical (unpaired) electrons. The lowest BCUT2D eigenvalue weighted by atomic mass is 9.79. The van der Waals surface area contributed by atoms with Crippen molar-refractivity contribution in [3.8, 4) is 5.75 Å². The first kappa shape index (κ1) is 19.0. The minimum absolute atomic E-state index is 0.152. The van der Waals surface area contributed by atoms with Crippen LogP contribution < -0.4 is 9.64 Å². The van der Waals surface area contributed by atoms with Crippen LogP contribution in [0.5, 0.6) is 5.75 Å². The van der Waals surface area contributed by atoms with Gasteiger partial charge in [0, 0.05) is 40.1 Å². The molecule has 0 aromatic heterocycles. The zero-order valence-electron chi connectivity index (χ0n) is 16.2. The predicted octanol–water partition coefficient (Wildman–Crippen LogP) is 6.32. The van der Waals surface area contributed by atoms with Gasteiger partial charge in [-0.25, -0.2) is 0 Å². The smallest absolute Gasteiger partial charge is 0.129 e. The van der Waals surface area contributed by atoms with Gasteiger partial charge in [0.25, 0.3) is 0 Å². The van der Waals surface area contributed by atoms with Gasteiger partial charge in [0.15, 0.2) is 0 Å². The Morgan fingerprint density at radius 1 is 1.27 bits per heavy atom. The van der Waals surface area contributed by atoms with Gasteiger partial charge >= 0.3 is 0 Å². The van der Waals surface area contributed by atoms with Crippen LogP contribution in [0, 0.1) is 0 Å². The number of hydrogen-bond donors (Lipinski definition) is 0. The molecule has 3 nitrogen and oxygen atoms in total. The topological polar surface area (TPSA) is 24.8 Å². The molecule has 2 aromatic rings. The maximum Gasteiger partial charge on any atom is 0.129 e. The third-order valence-corrected chi connectivity index (χ3v) is 5.76. The fraction of sp³-hybridized carbons (Fsp3) is 0.409. The van der Waals surface area contributed by atoms with E-state index in [9.17, 15) is 0 Å². The molecule has 0 N–H and O–H groups in total. The average molecular weight is 415 g/mol. The molecule has 1 atom stereocenters. The van der Waals surface area contributed by atoms with Crippen LogP contribution in [0.3, 0.4) is 0 Å². The predicted molar refractivity (Wildman–Crippen MR) is 115 cm³/mol. The molecule has 138 valence electrons. The largest absolute Gasteiger partial charge is 0.496 e. The summed E-state index contributed by atoms with van der Waals surface area (Å²) < 4.78 is 6.74. The maximum absolute atomic E-state index is 5.69. The number of fused-ring (bicyclic) bond motifs is 1. The van der Waals surface area contributed by atoms with Crippen molar-refractivity contribution >= 4 is 33.5 Å². The molecule has 1 aliphatic rings. The van der Waals surface area contributed by atoms with Crippen LogP contribution in [0.4, 0.5) is 11.4 Å². The minimum atomic E-state index is 0.152. The van der Waals surface area contributed by atoms with Crippen molar-refractivity contribution < 1.29 is 4.74 Å². The lowest BCUT2D eigenvalue weighted by molar-refractivity contribution is 0.377. The molecule has 4 heteroatoms. The third kappa shape index (κ3) is 3.66. The van der Waals surface area contributed by atoms with Crippen molar-refractivity contribution in [1.82, 2.24) is 0 Å². The number of methoxy groups -OCH3 is 1. The van der Waals surface area contributed by atoms with E-state index < -0.39 is 0 Å². The number of aliphatic imine (C=N–C) groups is 1. The van der Waals surface area contributed by atoms with E-state index in [4.69, 9.17) is 4.74 Å². The summed E-state index contributed by atoms with van der Waals surface area (Å²) in [6, 6.07) is 12.4. The Morgan fingerprint density at radius 2 is 1.96 bits per heavy atom. The molecule has 26 heavy (non-hydrogen) atoms. The molecule has 0 aliphatic carbocycles. The summed E-state index contributed by atoms with van der Waals surface area (Å²) >= 11 is 3.46. The van der Waals surface area contributed by atoms with E-state index in [-0.39, 0.29) is 5.54 Å².